The van der Waals surface area contributed by atoms with Crippen LogP contribution < -0.4 is 10.6 Å². The molecule has 1 aliphatic heterocycles. The molecule has 1 atom stereocenters. The fourth-order valence-corrected chi connectivity index (χ4v) is 1.38. The van der Waals surface area contributed by atoms with Crippen LogP contribution in [0.15, 0.2) is 0 Å². The van der Waals surface area contributed by atoms with Crippen molar-refractivity contribution in [1.82, 2.24) is 10.6 Å². The molecule has 12 heavy (non-hydrogen) atoms. The lowest BCUT2D eigenvalue weighted by molar-refractivity contribution is -0.128. The summed E-state index contributed by atoms with van der Waals surface area (Å²) >= 11 is 0. The lowest BCUT2D eigenvalue weighted by Crippen LogP contribution is -2.48. The Labute approximate surface area is 72.7 Å². The molecule has 1 unspecified atom stereocenters. The molecule has 1 saturated heterocycles. The Bertz CT molecular complexity index is 124. The largest absolute Gasteiger partial charge is 0.468 e. The van der Waals surface area contributed by atoms with Gasteiger partial charge in [-0.25, -0.2) is 0 Å². The van der Waals surface area contributed by atoms with Crippen molar-refractivity contribution in [3.05, 3.63) is 0 Å². The highest BCUT2D eigenvalue weighted by Crippen LogP contribution is 1.98. The van der Waals surface area contributed by atoms with Gasteiger partial charge in [-0.1, -0.05) is 0 Å². The fraction of sp³-hybridized carbons (Fsp3) is 0.875. The van der Waals surface area contributed by atoms with Crippen molar-refractivity contribution in [3.63, 3.8) is 0 Å². The van der Waals surface area contributed by atoms with E-state index in [2.05, 4.69) is 15.4 Å². The molecule has 0 aromatic carbocycles. The summed E-state index contributed by atoms with van der Waals surface area (Å²) < 4.78 is 4.60. The molecule has 1 fully saturated rings. The average Bonchev–Trinajstić information content (AvgIpc) is 2.14. The zero-order chi connectivity index (χ0) is 8.65. The van der Waals surface area contributed by atoms with Gasteiger partial charge < -0.3 is 15.4 Å². The third-order valence-corrected chi connectivity index (χ3v) is 2.01. The van der Waals surface area contributed by atoms with Crippen LogP contribution in [0.5, 0.6) is 0 Å². The van der Waals surface area contributed by atoms with Crippen molar-refractivity contribution >= 4 is 6.47 Å². The molecule has 1 aliphatic rings. The van der Waals surface area contributed by atoms with E-state index in [1.807, 2.05) is 0 Å². The lowest BCUT2D eigenvalue weighted by Gasteiger charge is -2.24. The molecule has 0 saturated carbocycles. The molecule has 0 aromatic heterocycles. The lowest BCUT2D eigenvalue weighted by atomic mass is 10.1. The number of piperazine rings is 1. The molecular weight excluding hydrogens is 156 g/mol. The normalized spacial score (nSPS) is 23.5. The summed E-state index contributed by atoms with van der Waals surface area (Å²) in [7, 11) is 0. The predicted octanol–water partition coefficient (Wildman–Crippen LogP) is -0.499. The van der Waals surface area contributed by atoms with E-state index in [0.717, 1.165) is 32.5 Å². The zero-order valence-corrected chi connectivity index (χ0v) is 7.21. The highest BCUT2D eigenvalue weighted by atomic mass is 16.5. The number of rotatable bonds is 5. The Morgan fingerprint density at radius 3 is 3.08 bits per heavy atom. The van der Waals surface area contributed by atoms with Crippen molar-refractivity contribution in [1.29, 1.82) is 0 Å². The van der Waals surface area contributed by atoms with E-state index in [4.69, 9.17) is 0 Å². The van der Waals surface area contributed by atoms with Crippen LogP contribution >= 0.6 is 0 Å². The molecule has 70 valence electrons. The van der Waals surface area contributed by atoms with Gasteiger partial charge in [-0.05, 0) is 12.8 Å². The quantitative estimate of drug-likeness (QED) is 0.433. The van der Waals surface area contributed by atoms with Gasteiger partial charge in [0.2, 0.25) is 0 Å². The SMILES string of the molecule is O=COCCCC1CNCCN1. The molecule has 4 heteroatoms. The Morgan fingerprint density at radius 1 is 1.50 bits per heavy atom. The standard InChI is InChI=1S/C8H16N2O2/c11-7-12-5-1-2-8-6-9-3-4-10-8/h7-10H,1-6H2. The van der Waals surface area contributed by atoms with E-state index in [-0.39, 0.29) is 0 Å². The Hall–Kier alpha value is -0.610. The molecule has 1 heterocycles. The van der Waals surface area contributed by atoms with Crippen molar-refractivity contribution in [2.45, 2.75) is 18.9 Å². The number of nitrogens with one attached hydrogen (secondary N) is 2. The zero-order valence-electron chi connectivity index (χ0n) is 7.21. The van der Waals surface area contributed by atoms with Crippen molar-refractivity contribution in [2.75, 3.05) is 26.2 Å². The average molecular weight is 172 g/mol. The highest BCUT2D eigenvalue weighted by Gasteiger charge is 2.10. The second kappa shape index (κ2) is 5.97. The van der Waals surface area contributed by atoms with Gasteiger partial charge in [0.1, 0.15) is 0 Å². The molecule has 0 radical (unpaired) electrons. The van der Waals surface area contributed by atoms with Crippen LogP contribution in [-0.2, 0) is 9.53 Å². The maximum atomic E-state index is 9.81. The van der Waals surface area contributed by atoms with E-state index in [1.54, 1.807) is 0 Å². The van der Waals surface area contributed by atoms with E-state index >= 15 is 0 Å². The van der Waals surface area contributed by atoms with E-state index in [9.17, 15) is 4.79 Å². The van der Waals surface area contributed by atoms with Gasteiger partial charge >= 0.3 is 0 Å². The molecule has 0 aromatic rings. The Morgan fingerprint density at radius 2 is 2.42 bits per heavy atom. The van der Waals surface area contributed by atoms with Crippen molar-refractivity contribution in [3.8, 4) is 0 Å². The summed E-state index contributed by atoms with van der Waals surface area (Å²) in [5.41, 5.74) is 0. The first-order chi connectivity index (χ1) is 5.93. The summed E-state index contributed by atoms with van der Waals surface area (Å²) in [6, 6.07) is 0.550. The molecular formula is C8H16N2O2. The topological polar surface area (TPSA) is 50.4 Å². The van der Waals surface area contributed by atoms with Gasteiger partial charge in [0, 0.05) is 25.7 Å². The monoisotopic (exact) mass is 172 g/mol. The molecule has 4 nitrogen and oxygen atoms in total. The van der Waals surface area contributed by atoms with Gasteiger partial charge in [-0.15, -0.1) is 0 Å². The molecule has 0 spiro atoms. The van der Waals surface area contributed by atoms with E-state index < -0.39 is 0 Å². The first-order valence-electron chi connectivity index (χ1n) is 4.43. The molecule has 0 amide bonds. The second-order valence-corrected chi connectivity index (χ2v) is 2.96. The summed E-state index contributed by atoms with van der Waals surface area (Å²) in [4.78, 5) is 9.81. The van der Waals surface area contributed by atoms with Crippen LogP contribution in [0, 0.1) is 0 Å². The molecule has 0 bridgehead atoms. The molecule has 1 rings (SSSR count). The highest BCUT2D eigenvalue weighted by molar-refractivity contribution is 5.36. The third-order valence-electron chi connectivity index (χ3n) is 2.01. The van der Waals surface area contributed by atoms with E-state index in [0.29, 0.717) is 19.1 Å². The Kier molecular flexibility index (Phi) is 4.71. The van der Waals surface area contributed by atoms with Gasteiger partial charge in [0.15, 0.2) is 0 Å². The Balaban J connectivity index is 1.94. The smallest absolute Gasteiger partial charge is 0.293 e. The summed E-state index contributed by atoms with van der Waals surface area (Å²) in [5, 5.41) is 6.69. The minimum atomic E-state index is 0.506. The van der Waals surface area contributed by atoms with Crippen molar-refractivity contribution < 1.29 is 9.53 Å². The maximum absolute atomic E-state index is 9.81. The third kappa shape index (κ3) is 3.69. The summed E-state index contributed by atoms with van der Waals surface area (Å²) in [6.45, 7) is 4.18. The minimum Gasteiger partial charge on any atom is -0.468 e. The van der Waals surface area contributed by atoms with Gasteiger partial charge in [0.05, 0.1) is 6.61 Å². The fourth-order valence-electron chi connectivity index (χ4n) is 1.38. The van der Waals surface area contributed by atoms with Crippen LogP contribution in [0.1, 0.15) is 12.8 Å². The molecule has 2 N–H and O–H groups in total. The van der Waals surface area contributed by atoms with Crippen LogP contribution in [0.4, 0.5) is 0 Å². The van der Waals surface area contributed by atoms with Gasteiger partial charge in [-0.3, -0.25) is 4.79 Å². The summed E-state index contributed by atoms with van der Waals surface area (Å²) in [6.07, 6.45) is 2.01. The minimum absolute atomic E-state index is 0.506. The number of ether oxygens (including phenoxy) is 1. The van der Waals surface area contributed by atoms with Crippen LogP contribution in [0.2, 0.25) is 0 Å². The number of hydrogen-bond donors (Lipinski definition) is 2. The van der Waals surface area contributed by atoms with Crippen LogP contribution in [-0.4, -0.2) is 38.8 Å². The van der Waals surface area contributed by atoms with Gasteiger partial charge in [0.25, 0.3) is 6.47 Å². The maximum Gasteiger partial charge on any atom is 0.293 e. The van der Waals surface area contributed by atoms with Crippen LogP contribution in [0.3, 0.4) is 0 Å². The first kappa shape index (κ1) is 9.48. The number of carbonyl (C=O) groups is 1. The summed E-state index contributed by atoms with van der Waals surface area (Å²) in [5.74, 6) is 0. The number of carbonyl (C=O) groups excluding carboxylic acids is 1. The van der Waals surface area contributed by atoms with Gasteiger partial charge in [-0.2, -0.15) is 0 Å². The second-order valence-electron chi connectivity index (χ2n) is 2.96. The predicted molar refractivity (Wildman–Crippen MR) is 45.9 cm³/mol. The first-order valence-corrected chi connectivity index (χ1v) is 4.43. The van der Waals surface area contributed by atoms with E-state index in [1.165, 1.54) is 0 Å². The molecule has 0 aliphatic carbocycles. The van der Waals surface area contributed by atoms with Crippen LogP contribution in [0.25, 0.3) is 0 Å². The van der Waals surface area contributed by atoms with Crippen molar-refractivity contribution in [2.24, 2.45) is 0 Å². The number of hydrogen-bond acceptors (Lipinski definition) is 4.